The van der Waals surface area contributed by atoms with Gasteiger partial charge in [0.1, 0.15) is 5.69 Å². The van der Waals surface area contributed by atoms with E-state index >= 15 is 0 Å². The van der Waals surface area contributed by atoms with Crippen molar-refractivity contribution < 1.29 is 9.59 Å². The molecule has 2 amide bonds. The summed E-state index contributed by atoms with van der Waals surface area (Å²) in [6.45, 7) is 5.59. The van der Waals surface area contributed by atoms with Crippen LogP contribution in [0.2, 0.25) is 0 Å². The molecule has 2 aliphatic rings. The number of amides is 2. The molecule has 4 rings (SSSR count). The smallest absolute Gasteiger partial charge is 0.272 e. The lowest BCUT2D eigenvalue weighted by Gasteiger charge is -2.51. The van der Waals surface area contributed by atoms with Gasteiger partial charge in [0.05, 0.1) is 0 Å². The normalized spacial score (nSPS) is 20.2. The van der Waals surface area contributed by atoms with Crippen LogP contribution in [0.4, 0.5) is 0 Å². The first-order chi connectivity index (χ1) is 13.9. The van der Waals surface area contributed by atoms with E-state index in [1.54, 1.807) is 6.07 Å². The summed E-state index contributed by atoms with van der Waals surface area (Å²) in [6.07, 6.45) is 0. The van der Waals surface area contributed by atoms with E-state index in [9.17, 15) is 9.59 Å². The van der Waals surface area contributed by atoms with E-state index in [-0.39, 0.29) is 17.2 Å². The summed E-state index contributed by atoms with van der Waals surface area (Å²) in [5.41, 5.74) is 2.04. The number of hydrogen-bond donors (Lipinski definition) is 0. The molecule has 1 spiro atoms. The van der Waals surface area contributed by atoms with E-state index in [1.807, 2.05) is 59.2 Å². The number of rotatable bonds is 4. The third kappa shape index (κ3) is 3.77. The highest BCUT2D eigenvalue weighted by Gasteiger charge is 2.56. The Morgan fingerprint density at radius 2 is 1.69 bits per heavy atom. The molecule has 0 N–H and O–H groups in total. The number of nitrogens with zero attached hydrogens (tertiary/aromatic N) is 4. The highest BCUT2D eigenvalue weighted by atomic mass is 16.2. The van der Waals surface area contributed by atoms with Gasteiger partial charge < -0.3 is 14.7 Å². The molecule has 0 radical (unpaired) electrons. The number of likely N-dealkylation sites (tertiary alicyclic amines) is 2. The van der Waals surface area contributed by atoms with Gasteiger partial charge >= 0.3 is 0 Å². The fourth-order valence-electron chi connectivity index (χ4n) is 4.68. The maximum Gasteiger partial charge on any atom is 0.272 e. The Labute approximate surface area is 172 Å². The second-order valence-electron chi connectivity index (χ2n) is 8.70. The van der Waals surface area contributed by atoms with Gasteiger partial charge in [0.15, 0.2) is 0 Å². The average Bonchev–Trinajstić information content (AvgIpc) is 3.05. The van der Waals surface area contributed by atoms with Crippen molar-refractivity contribution in [2.45, 2.75) is 6.92 Å². The van der Waals surface area contributed by atoms with E-state index in [0.717, 1.165) is 24.3 Å². The minimum Gasteiger partial charge on any atom is -0.338 e. The molecule has 0 saturated carbocycles. The highest BCUT2D eigenvalue weighted by Crippen LogP contribution is 2.45. The molecular weight excluding hydrogens is 364 g/mol. The molecular formula is C23H28N4O2. The van der Waals surface area contributed by atoms with Crippen molar-refractivity contribution in [3.63, 3.8) is 0 Å². The van der Waals surface area contributed by atoms with Gasteiger partial charge in [-0.25, -0.2) is 4.98 Å². The monoisotopic (exact) mass is 392 g/mol. The third-order valence-corrected chi connectivity index (χ3v) is 6.11. The van der Waals surface area contributed by atoms with Crippen LogP contribution >= 0.6 is 0 Å². The Kier molecular flexibility index (Phi) is 5.13. The summed E-state index contributed by atoms with van der Waals surface area (Å²) in [5.74, 6) is 0.409. The maximum atomic E-state index is 13.0. The van der Waals surface area contributed by atoms with Crippen LogP contribution < -0.4 is 0 Å². The standard InChI is InChI=1S/C23H28N4O2/c1-17-8-7-11-20(24-17)22(29)27-15-23(16-27)14-26(13-19(23)12-25(2)3)21(28)18-9-5-4-6-10-18/h4-11,19H,12-16H2,1-3H3. The molecule has 2 saturated heterocycles. The molecule has 0 bridgehead atoms. The summed E-state index contributed by atoms with van der Waals surface area (Å²) in [4.78, 5) is 36.3. The number of aromatic nitrogens is 1. The average molecular weight is 393 g/mol. The van der Waals surface area contributed by atoms with Crippen molar-refractivity contribution in [1.29, 1.82) is 0 Å². The molecule has 152 valence electrons. The number of carbonyl (C=O) groups excluding carboxylic acids is 2. The Bertz CT molecular complexity index is 906. The summed E-state index contributed by atoms with van der Waals surface area (Å²) in [5, 5.41) is 0. The zero-order valence-electron chi connectivity index (χ0n) is 17.3. The van der Waals surface area contributed by atoms with Crippen molar-refractivity contribution in [1.82, 2.24) is 19.7 Å². The molecule has 2 fully saturated rings. The second-order valence-corrected chi connectivity index (χ2v) is 8.70. The van der Waals surface area contributed by atoms with Gasteiger partial charge in [-0.3, -0.25) is 9.59 Å². The molecule has 1 aromatic carbocycles. The summed E-state index contributed by atoms with van der Waals surface area (Å²) < 4.78 is 0. The molecule has 1 atom stereocenters. The lowest BCUT2D eigenvalue weighted by molar-refractivity contribution is -0.0151. The van der Waals surface area contributed by atoms with Crippen molar-refractivity contribution in [3.05, 3.63) is 65.5 Å². The fourth-order valence-corrected chi connectivity index (χ4v) is 4.68. The van der Waals surface area contributed by atoms with Crippen molar-refractivity contribution in [3.8, 4) is 0 Å². The van der Waals surface area contributed by atoms with Crippen molar-refractivity contribution >= 4 is 11.8 Å². The number of benzene rings is 1. The van der Waals surface area contributed by atoms with Gasteiger partial charge in [-0.1, -0.05) is 24.3 Å². The van der Waals surface area contributed by atoms with Crippen molar-refractivity contribution in [2.24, 2.45) is 11.3 Å². The van der Waals surface area contributed by atoms with Crippen LogP contribution in [0.1, 0.15) is 26.5 Å². The Hall–Kier alpha value is -2.73. The van der Waals surface area contributed by atoms with Gasteiger partial charge in [-0.2, -0.15) is 0 Å². The second kappa shape index (κ2) is 7.59. The SMILES string of the molecule is Cc1cccc(C(=O)N2CC3(CN(C(=O)c4ccccc4)CC3CN(C)C)C2)n1. The number of aryl methyl sites for hydroxylation is 1. The lowest BCUT2D eigenvalue weighted by Crippen LogP contribution is -2.63. The molecule has 29 heavy (non-hydrogen) atoms. The van der Waals surface area contributed by atoms with E-state index in [4.69, 9.17) is 0 Å². The zero-order valence-corrected chi connectivity index (χ0v) is 17.3. The summed E-state index contributed by atoms with van der Waals surface area (Å²) in [6, 6.07) is 15.0. The molecule has 1 aromatic heterocycles. The van der Waals surface area contributed by atoms with Crippen LogP contribution in [-0.4, -0.2) is 78.3 Å². The van der Waals surface area contributed by atoms with Gasteiger partial charge in [0.2, 0.25) is 0 Å². The molecule has 6 heteroatoms. The number of hydrogen-bond acceptors (Lipinski definition) is 4. The summed E-state index contributed by atoms with van der Waals surface area (Å²) >= 11 is 0. The zero-order chi connectivity index (χ0) is 20.6. The van der Waals surface area contributed by atoms with Crippen molar-refractivity contribution in [2.75, 3.05) is 46.8 Å². The van der Waals surface area contributed by atoms with Gasteiger partial charge in [0.25, 0.3) is 11.8 Å². The van der Waals surface area contributed by atoms with Crippen LogP contribution in [0, 0.1) is 18.3 Å². The largest absolute Gasteiger partial charge is 0.338 e. The Morgan fingerprint density at radius 1 is 1.00 bits per heavy atom. The van der Waals surface area contributed by atoms with E-state index in [0.29, 0.717) is 31.2 Å². The predicted octanol–water partition coefficient (Wildman–Crippen LogP) is 2.17. The first kappa shape index (κ1) is 19.6. The molecule has 0 aliphatic carbocycles. The molecule has 3 heterocycles. The quantitative estimate of drug-likeness (QED) is 0.800. The Morgan fingerprint density at radius 3 is 2.34 bits per heavy atom. The van der Waals surface area contributed by atoms with Crippen LogP contribution in [0.15, 0.2) is 48.5 Å². The highest BCUT2D eigenvalue weighted by molar-refractivity contribution is 5.95. The van der Waals surface area contributed by atoms with Crippen LogP contribution in [0.25, 0.3) is 0 Å². The minimum absolute atomic E-state index is 0.0178. The lowest BCUT2D eigenvalue weighted by atomic mass is 9.71. The van der Waals surface area contributed by atoms with Crippen LogP contribution in [-0.2, 0) is 0 Å². The molecule has 1 unspecified atom stereocenters. The molecule has 6 nitrogen and oxygen atoms in total. The first-order valence-corrected chi connectivity index (χ1v) is 10.1. The maximum absolute atomic E-state index is 13.0. The van der Waals surface area contributed by atoms with Gasteiger partial charge in [-0.15, -0.1) is 0 Å². The number of carbonyl (C=O) groups is 2. The van der Waals surface area contributed by atoms with Gasteiger partial charge in [0, 0.05) is 49.4 Å². The van der Waals surface area contributed by atoms with E-state index in [2.05, 4.69) is 24.0 Å². The fraction of sp³-hybridized carbons (Fsp3) is 0.435. The number of pyridine rings is 1. The van der Waals surface area contributed by atoms with Crippen LogP contribution in [0.5, 0.6) is 0 Å². The predicted molar refractivity (Wildman–Crippen MR) is 112 cm³/mol. The van der Waals surface area contributed by atoms with E-state index in [1.165, 1.54) is 0 Å². The Balaban J connectivity index is 1.50. The van der Waals surface area contributed by atoms with Crippen LogP contribution in [0.3, 0.4) is 0 Å². The first-order valence-electron chi connectivity index (χ1n) is 10.1. The molecule has 2 aromatic rings. The molecule has 2 aliphatic heterocycles. The van der Waals surface area contributed by atoms with Gasteiger partial charge in [-0.05, 0) is 51.2 Å². The third-order valence-electron chi connectivity index (χ3n) is 6.11. The summed E-state index contributed by atoms with van der Waals surface area (Å²) in [7, 11) is 4.13. The minimum atomic E-state index is -0.0335. The topological polar surface area (TPSA) is 56.8 Å². The van der Waals surface area contributed by atoms with E-state index < -0.39 is 0 Å².